The van der Waals surface area contributed by atoms with Crippen LogP contribution in [0, 0.1) is 11.7 Å². The van der Waals surface area contributed by atoms with Crippen molar-refractivity contribution in [2.24, 2.45) is 5.92 Å². The average Bonchev–Trinajstić information content (AvgIpc) is 3.24. The van der Waals surface area contributed by atoms with E-state index in [0.29, 0.717) is 58.9 Å². The summed E-state index contributed by atoms with van der Waals surface area (Å²) in [6.45, 7) is 7.23. The number of benzene rings is 2. The van der Waals surface area contributed by atoms with Crippen LogP contribution in [0.3, 0.4) is 0 Å². The van der Waals surface area contributed by atoms with Gasteiger partial charge in [0.2, 0.25) is 0 Å². The summed E-state index contributed by atoms with van der Waals surface area (Å²) in [7, 11) is 0. The quantitative estimate of drug-likeness (QED) is 0.475. The van der Waals surface area contributed by atoms with E-state index in [9.17, 15) is 18.8 Å². The molecule has 2 aliphatic heterocycles. The number of nitrogens with zero attached hydrogens (tertiary/aromatic N) is 4. The molecule has 11 heteroatoms. The summed E-state index contributed by atoms with van der Waals surface area (Å²) in [5.41, 5.74) is 1.99. The molecule has 0 aliphatic carbocycles. The molecule has 1 saturated heterocycles. The lowest BCUT2D eigenvalue weighted by molar-refractivity contribution is -0.128. The number of halogens is 3. The Labute approximate surface area is 235 Å². The van der Waals surface area contributed by atoms with Crippen LogP contribution in [0.5, 0.6) is 0 Å². The lowest BCUT2D eigenvalue weighted by atomic mass is 9.94. The molecular weight excluding hydrogens is 544 g/mol. The average molecular weight is 572 g/mol. The van der Waals surface area contributed by atoms with Crippen molar-refractivity contribution in [2.75, 3.05) is 36.4 Å². The molecule has 0 spiro atoms. The van der Waals surface area contributed by atoms with Gasteiger partial charge in [-0.05, 0) is 48.9 Å². The van der Waals surface area contributed by atoms with E-state index in [1.807, 2.05) is 0 Å². The second-order valence-electron chi connectivity index (χ2n) is 10.0. The summed E-state index contributed by atoms with van der Waals surface area (Å²) in [4.78, 5) is 44.2. The molecule has 39 heavy (non-hydrogen) atoms. The van der Waals surface area contributed by atoms with Crippen LogP contribution in [0.4, 0.5) is 15.9 Å². The van der Waals surface area contributed by atoms with E-state index >= 15 is 0 Å². The van der Waals surface area contributed by atoms with Gasteiger partial charge in [0.1, 0.15) is 17.7 Å². The fourth-order valence-corrected chi connectivity index (χ4v) is 5.42. The summed E-state index contributed by atoms with van der Waals surface area (Å²) in [5, 5.41) is 3.81. The predicted molar refractivity (Wildman–Crippen MR) is 150 cm³/mol. The van der Waals surface area contributed by atoms with E-state index in [0.717, 1.165) is 10.4 Å². The van der Waals surface area contributed by atoms with Crippen molar-refractivity contribution < 1.29 is 14.0 Å². The van der Waals surface area contributed by atoms with Crippen molar-refractivity contribution in [1.82, 2.24) is 14.3 Å². The van der Waals surface area contributed by atoms with Gasteiger partial charge in [0.15, 0.2) is 0 Å². The first-order valence-electron chi connectivity index (χ1n) is 12.7. The zero-order valence-corrected chi connectivity index (χ0v) is 23.3. The first-order valence-corrected chi connectivity index (χ1v) is 13.4. The number of piperazine rings is 1. The number of hydrogen-bond acceptors (Lipinski definition) is 5. The maximum absolute atomic E-state index is 14.1. The number of amides is 1. The molecule has 5 rings (SSSR count). The highest BCUT2D eigenvalue weighted by molar-refractivity contribution is 6.42. The molecule has 0 radical (unpaired) electrons. The second-order valence-corrected chi connectivity index (χ2v) is 10.8. The highest BCUT2D eigenvalue weighted by Gasteiger charge is 2.38. The number of aromatic nitrogens is 2. The molecule has 2 aromatic carbocycles. The topological polar surface area (TPSA) is 79.6 Å². The second kappa shape index (κ2) is 10.5. The predicted octanol–water partition coefficient (Wildman–Crippen LogP) is 5.03. The minimum atomic E-state index is -0.802. The van der Waals surface area contributed by atoms with Gasteiger partial charge in [0.05, 0.1) is 15.6 Å². The van der Waals surface area contributed by atoms with Gasteiger partial charge in [-0.3, -0.25) is 14.4 Å². The molecule has 0 bridgehead atoms. The molecule has 204 valence electrons. The number of nitrogens with one attached hydrogen (secondary N) is 1. The summed E-state index contributed by atoms with van der Waals surface area (Å²) in [5.74, 6) is -0.962. The third-order valence-corrected chi connectivity index (χ3v) is 7.86. The SMILES string of the molecule is CC1=C(C(=O)N2CCN(c3ccc(F)cc3)CC2)C(c2ccc(Cl)c(Cl)c2)n2c(cc(=O)n2C(=O)C(C)C)N1. The fraction of sp³-hybridized carbons (Fsp3) is 0.321. The molecule has 1 unspecified atom stereocenters. The van der Waals surface area contributed by atoms with Gasteiger partial charge >= 0.3 is 0 Å². The monoisotopic (exact) mass is 571 g/mol. The van der Waals surface area contributed by atoms with Crippen LogP contribution in [0.15, 0.2) is 64.6 Å². The van der Waals surface area contributed by atoms with E-state index in [2.05, 4.69) is 10.2 Å². The van der Waals surface area contributed by atoms with E-state index in [4.69, 9.17) is 23.2 Å². The number of allylic oxidation sites excluding steroid dienone is 1. The van der Waals surface area contributed by atoms with Crippen LogP contribution in [0.1, 0.15) is 37.2 Å². The molecule has 3 aromatic rings. The zero-order valence-electron chi connectivity index (χ0n) is 21.7. The lowest BCUT2D eigenvalue weighted by Gasteiger charge is -2.39. The van der Waals surface area contributed by atoms with Crippen LogP contribution in [-0.4, -0.2) is 52.3 Å². The summed E-state index contributed by atoms with van der Waals surface area (Å²) in [6, 6.07) is 11.9. The Hall–Kier alpha value is -3.56. The Morgan fingerprint density at radius 3 is 2.26 bits per heavy atom. The van der Waals surface area contributed by atoms with E-state index < -0.39 is 23.4 Å². The molecule has 3 heterocycles. The molecule has 1 atom stereocenters. The highest BCUT2D eigenvalue weighted by atomic mass is 35.5. The van der Waals surface area contributed by atoms with Gasteiger partial charge in [0.25, 0.3) is 17.4 Å². The van der Waals surface area contributed by atoms with Gasteiger partial charge in [-0.1, -0.05) is 43.1 Å². The van der Waals surface area contributed by atoms with Gasteiger partial charge in [-0.25, -0.2) is 9.07 Å². The van der Waals surface area contributed by atoms with Crippen molar-refractivity contribution in [3.8, 4) is 0 Å². The van der Waals surface area contributed by atoms with E-state index in [1.165, 1.54) is 18.2 Å². The van der Waals surface area contributed by atoms with Gasteiger partial charge in [-0.2, -0.15) is 4.68 Å². The summed E-state index contributed by atoms with van der Waals surface area (Å²) in [6.07, 6.45) is 0. The molecule has 1 aromatic heterocycles. The molecular formula is C28H28Cl2FN5O3. The minimum absolute atomic E-state index is 0.217. The summed E-state index contributed by atoms with van der Waals surface area (Å²) < 4.78 is 16.0. The van der Waals surface area contributed by atoms with Crippen molar-refractivity contribution in [1.29, 1.82) is 0 Å². The van der Waals surface area contributed by atoms with E-state index in [-0.39, 0.29) is 11.7 Å². The maximum Gasteiger partial charge on any atom is 0.276 e. The van der Waals surface area contributed by atoms with E-state index in [1.54, 1.807) is 60.7 Å². The minimum Gasteiger partial charge on any atom is -0.368 e. The van der Waals surface area contributed by atoms with Gasteiger partial charge in [-0.15, -0.1) is 0 Å². The zero-order chi connectivity index (χ0) is 28.0. The first kappa shape index (κ1) is 27.0. The van der Waals surface area contributed by atoms with Crippen LogP contribution < -0.4 is 15.8 Å². The Kier molecular flexibility index (Phi) is 7.31. The molecule has 1 fully saturated rings. The molecule has 2 aliphatic rings. The maximum atomic E-state index is 14.1. The van der Waals surface area contributed by atoms with Crippen molar-refractivity contribution >= 4 is 46.5 Å². The highest BCUT2D eigenvalue weighted by Crippen LogP contribution is 2.39. The van der Waals surface area contributed by atoms with Crippen LogP contribution in [0.25, 0.3) is 0 Å². The van der Waals surface area contributed by atoms with Gasteiger partial charge in [0, 0.05) is 49.5 Å². The van der Waals surface area contributed by atoms with Crippen molar-refractivity contribution in [2.45, 2.75) is 26.8 Å². The Balaban J connectivity index is 1.54. The Morgan fingerprint density at radius 1 is 0.974 bits per heavy atom. The molecule has 8 nitrogen and oxygen atoms in total. The third-order valence-electron chi connectivity index (χ3n) is 7.12. The number of hydrogen-bond donors (Lipinski definition) is 1. The normalized spacial score (nSPS) is 17.4. The third kappa shape index (κ3) is 4.96. The number of carbonyl (C=O) groups excluding carboxylic acids is 2. The van der Waals surface area contributed by atoms with Crippen LogP contribution in [-0.2, 0) is 4.79 Å². The number of carbonyl (C=O) groups is 2. The first-order chi connectivity index (χ1) is 18.6. The molecule has 1 amide bonds. The molecule has 1 N–H and O–H groups in total. The number of rotatable bonds is 4. The number of anilines is 2. The Morgan fingerprint density at radius 2 is 1.64 bits per heavy atom. The largest absolute Gasteiger partial charge is 0.368 e. The molecule has 0 saturated carbocycles. The van der Waals surface area contributed by atoms with Crippen LogP contribution in [0.2, 0.25) is 10.0 Å². The Bertz CT molecular complexity index is 1540. The lowest BCUT2D eigenvalue weighted by Crippen LogP contribution is -2.50. The van der Waals surface area contributed by atoms with Crippen molar-refractivity contribution in [3.05, 3.63) is 91.6 Å². The standard InChI is InChI=1S/C28H28Cl2FN5O3/c1-16(2)27(38)36-24(37)15-23-32-17(3)25(26(35(23)36)18-4-9-21(29)22(30)14-18)28(39)34-12-10-33(11-13-34)20-7-5-19(31)6-8-20/h4-9,14-16,26,32H,10-13H2,1-3H3. The van der Waals surface area contributed by atoms with Gasteiger partial charge < -0.3 is 15.1 Å². The van der Waals surface area contributed by atoms with Crippen LogP contribution >= 0.6 is 23.2 Å². The van der Waals surface area contributed by atoms with Crippen molar-refractivity contribution in [3.63, 3.8) is 0 Å². The number of fused-ring (bicyclic) bond motifs is 1. The summed E-state index contributed by atoms with van der Waals surface area (Å²) >= 11 is 12.6. The fourth-order valence-electron chi connectivity index (χ4n) is 5.11. The smallest absolute Gasteiger partial charge is 0.276 e.